The highest BCUT2D eigenvalue weighted by Gasteiger charge is 2.34. The van der Waals surface area contributed by atoms with Crippen LogP contribution in [-0.2, 0) is 4.79 Å². The quantitative estimate of drug-likeness (QED) is 0.476. The molecule has 6 nitrogen and oxygen atoms in total. The zero-order valence-electron chi connectivity index (χ0n) is 13.3. The molecule has 0 saturated carbocycles. The van der Waals surface area contributed by atoms with Gasteiger partial charge in [0.05, 0.1) is 22.8 Å². The van der Waals surface area contributed by atoms with Crippen molar-refractivity contribution in [3.63, 3.8) is 0 Å². The molecule has 1 heterocycles. The van der Waals surface area contributed by atoms with E-state index >= 15 is 0 Å². The lowest BCUT2D eigenvalue weighted by Gasteiger charge is -2.13. The average Bonchev–Trinajstić information content (AvgIpc) is 2.87. The van der Waals surface area contributed by atoms with Gasteiger partial charge in [-0.2, -0.15) is 5.26 Å². The highest BCUT2D eigenvalue weighted by Crippen LogP contribution is 2.22. The van der Waals surface area contributed by atoms with E-state index in [-0.39, 0.29) is 24.8 Å². The number of imide groups is 1. The fraction of sp³-hybridized carbons (Fsp3) is 0.158. The largest absolute Gasteiger partial charge is 0.426 e. The molecule has 0 unspecified atom stereocenters. The van der Waals surface area contributed by atoms with Crippen LogP contribution in [0.5, 0.6) is 5.75 Å². The van der Waals surface area contributed by atoms with E-state index in [1.807, 2.05) is 6.07 Å². The highest BCUT2D eigenvalue weighted by atomic mass is 16.5. The van der Waals surface area contributed by atoms with Crippen LogP contribution in [0.15, 0.2) is 48.5 Å². The average molecular weight is 334 g/mol. The number of amides is 2. The molecule has 0 fully saturated rings. The maximum absolute atomic E-state index is 12.2. The van der Waals surface area contributed by atoms with Crippen LogP contribution < -0.4 is 4.74 Å². The predicted molar refractivity (Wildman–Crippen MR) is 87.8 cm³/mol. The second-order valence-electron chi connectivity index (χ2n) is 5.52. The second-order valence-corrected chi connectivity index (χ2v) is 5.52. The number of ether oxygens (including phenoxy) is 1. The maximum Gasteiger partial charge on any atom is 0.311 e. The lowest BCUT2D eigenvalue weighted by Crippen LogP contribution is -2.31. The lowest BCUT2D eigenvalue weighted by atomic mass is 10.1. The van der Waals surface area contributed by atoms with E-state index in [9.17, 15) is 14.4 Å². The Morgan fingerprint density at radius 1 is 1.04 bits per heavy atom. The fourth-order valence-corrected chi connectivity index (χ4v) is 2.64. The smallest absolute Gasteiger partial charge is 0.311 e. The van der Waals surface area contributed by atoms with Gasteiger partial charge in [0.1, 0.15) is 5.75 Å². The Balaban J connectivity index is 1.53. The summed E-state index contributed by atoms with van der Waals surface area (Å²) in [5, 5.41) is 8.82. The third kappa shape index (κ3) is 3.40. The van der Waals surface area contributed by atoms with Gasteiger partial charge < -0.3 is 4.74 Å². The number of carbonyl (C=O) groups excluding carboxylic acids is 3. The van der Waals surface area contributed by atoms with Gasteiger partial charge in [0.2, 0.25) is 0 Å². The first-order valence-electron chi connectivity index (χ1n) is 7.76. The summed E-state index contributed by atoms with van der Waals surface area (Å²) in [7, 11) is 0. The van der Waals surface area contributed by atoms with Gasteiger partial charge in [0, 0.05) is 13.0 Å². The molecule has 25 heavy (non-hydrogen) atoms. The number of esters is 1. The van der Waals surface area contributed by atoms with Crippen molar-refractivity contribution in [2.24, 2.45) is 0 Å². The van der Waals surface area contributed by atoms with Crippen molar-refractivity contribution in [2.75, 3.05) is 6.54 Å². The van der Waals surface area contributed by atoms with E-state index in [2.05, 4.69) is 0 Å². The van der Waals surface area contributed by atoms with Crippen molar-refractivity contribution in [2.45, 2.75) is 12.8 Å². The molecule has 0 aromatic heterocycles. The van der Waals surface area contributed by atoms with Gasteiger partial charge in [-0.3, -0.25) is 19.3 Å². The van der Waals surface area contributed by atoms with E-state index in [0.717, 1.165) is 4.90 Å². The molecule has 0 atom stereocenters. The first-order valence-corrected chi connectivity index (χ1v) is 7.76. The molecule has 124 valence electrons. The van der Waals surface area contributed by atoms with E-state index in [4.69, 9.17) is 10.00 Å². The highest BCUT2D eigenvalue weighted by molar-refractivity contribution is 6.21. The Morgan fingerprint density at radius 3 is 2.36 bits per heavy atom. The summed E-state index contributed by atoms with van der Waals surface area (Å²) in [5.74, 6) is -0.858. The molecule has 2 aromatic carbocycles. The van der Waals surface area contributed by atoms with Crippen LogP contribution >= 0.6 is 0 Å². The predicted octanol–water partition coefficient (Wildman–Crippen LogP) is 2.54. The summed E-state index contributed by atoms with van der Waals surface area (Å²) in [6, 6.07) is 14.9. The Morgan fingerprint density at radius 2 is 1.72 bits per heavy atom. The molecule has 3 rings (SSSR count). The van der Waals surface area contributed by atoms with Gasteiger partial charge in [-0.1, -0.05) is 18.2 Å². The topological polar surface area (TPSA) is 87.5 Å². The zero-order valence-corrected chi connectivity index (χ0v) is 13.3. The maximum atomic E-state index is 12.2. The molecular formula is C19H14N2O4. The summed E-state index contributed by atoms with van der Waals surface area (Å²) in [5.41, 5.74) is 1.18. The van der Waals surface area contributed by atoms with Gasteiger partial charge in [-0.05, 0) is 36.8 Å². The van der Waals surface area contributed by atoms with E-state index in [0.29, 0.717) is 28.9 Å². The minimum atomic E-state index is -0.480. The number of fused-ring (bicyclic) bond motifs is 1. The normalized spacial score (nSPS) is 12.7. The number of nitriles is 1. The van der Waals surface area contributed by atoms with Gasteiger partial charge in [0.25, 0.3) is 11.8 Å². The SMILES string of the molecule is N#Cc1cccc(OC(=O)CCCN2C(=O)c3ccccc3C2=O)c1. The van der Waals surface area contributed by atoms with Crippen LogP contribution in [0.4, 0.5) is 0 Å². The summed E-state index contributed by atoms with van der Waals surface area (Å²) in [4.78, 5) is 37.4. The lowest BCUT2D eigenvalue weighted by molar-refractivity contribution is -0.134. The van der Waals surface area contributed by atoms with Gasteiger partial charge in [-0.25, -0.2) is 0 Å². The van der Waals surface area contributed by atoms with Crippen molar-refractivity contribution in [3.8, 4) is 11.8 Å². The number of hydrogen-bond donors (Lipinski definition) is 0. The first kappa shape index (κ1) is 16.4. The number of hydrogen-bond acceptors (Lipinski definition) is 5. The number of benzene rings is 2. The van der Waals surface area contributed by atoms with Crippen LogP contribution in [0.25, 0.3) is 0 Å². The van der Waals surface area contributed by atoms with Crippen molar-refractivity contribution in [1.29, 1.82) is 5.26 Å². The molecule has 1 aliphatic heterocycles. The third-order valence-electron chi connectivity index (χ3n) is 3.84. The molecule has 2 amide bonds. The number of carbonyl (C=O) groups is 3. The fourth-order valence-electron chi connectivity index (χ4n) is 2.64. The van der Waals surface area contributed by atoms with Crippen LogP contribution in [0.2, 0.25) is 0 Å². The molecule has 0 saturated heterocycles. The molecule has 6 heteroatoms. The van der Waals surface area contributed by atoms with Gasteiger partial charge in [0.15, 0.2) is 0 Å². The van der Waals surface area contributed by atoms with Gasteiger partial charge in [-0.15, -0.1) is 0 Å². The molecule has 0 N–H and O–H groups in total. The molecule has 0 bridgehead atoms. The Kier molecular flexibility index (Phi) is 4.57. The monoisotopic (exact) mass is 334 g/mol. The van der Waals surface area contributed by atoms with Crippen LogP contribution in [0.3, 0.4) is 0 Å². The summed E-state index contributed by atoms with van der Waals surface area (Å²) in [6.45, 7) is 0.152. The van der Waals surface area contributed by atoms with Gasteiger partial charge >= 0.3 is 5.97 Å². The summed E-state index contributed by atoms with van der Waals surface area (Å²) in [6.07, 6.45) is 0.367. The first-order chi connectivity index (χ1) is 12.1. The molecule has 1 aliphatic rings. The molecule has 0 radical (unpaired) electrons. The number of nitrogens with zero attached hydrogens (tertiary/aromatic N) is 2. The van der Waals surface area contributed by atoms with Crippen LogP contribution in [0.1, 0.15) is 39.1 Å². The third-order valence-corrected chi connectivity index (χ3v) is 3.84. The van der Waals surface area contributed by atoms with E-state index in [1.165, 1.54) is 6.07 Å². The van der Waals surface area contributed by atoms with Crippen LogP contribution in [0, 0.1) is 11.3 Å². The molecular weight excluding hydrogens is 320 g/mol. The van der Waals surface area contributed by atoms with Crippen molar-refractivity contribution in [3.05, 3.63) is 65.2 Å². The Labute approximate surface area is 144 Å². The molecule has 0 aliphatic carbocycles. The molecule has 2 aromatic rings. The minimum Gasteiger partial charge on any atom is -0.426 e. The van der Waals surface area contributed by atoms with Crippen molar-refractivity contribution >= 4 is 17.8 Å². The second kappa shape index (κ2) is 6.97. The standard InChI is InChI=1S/C19H14N2O4/c20-12-13-5-3-6-14(11-13)25-17(22)9-4-10-21-18(23)15-7-1-2-8-16(15)19(21)24/h1-3,5-8,11H,4,9-10H2. The Bertz CT molecular complexity index is 863. The summed E-state index contributed by atoms with van der Waals surface area (Å²) >= 11 is 0. The van der Waals surface area contributed by atoms with Crippen LogP contribution in [-0.4, -0.2) is 29.2 Å². The van der Waals surface area contributed by atoms with E-state index < -0.39 is 5.97 Å². The number of rotatable bonds is 5. The zero-order chi connectivity index (χ0) is 17.8. The minimum absolute atomic E-state index is 0.0597. The summed E-state index contributed by atoms with van der Waals surface area (Å²) < 4.78 is 5.16. The van der Waals surface area contributed by atoms with Crippen molar-refractivity contribution in [1.82, 2.24) is 4.90 Å². The van der Waals surface area contributed by atoms with Crippen molar-refractivity contribution < 1.29 is 19.1 Å². The molecule has 0 spiro atoms. The Hall–Kier alpha value is -3.46. The van der Waals surface area contributed by atoms with E-state index in [1.54, 1.807) is 42.5 Å².